The zero-order valence-electron chi connectivity index (χ0n) is 23.1. The van der Waals surface area contributed by atoms with Gasteiger partial charge in [0, 0.05) is 45.4 Å². The van der Waals surface area contributed by atoms with E-state index in [-0.39, 0.29) is 18.6 Å². The molecule has 10 atom stereocenters. The van der Waals surface area contributed by atoms with Crippen molar-refractivity contribution in [3.05, 3.63) is 0 Å². The lowest BCUT2D eigenvalue weighted by Gasteiger charge is -2.66. The minimum absolute atomic E-state index is 0.120. The van der Waals surface area contributed by atoms with Gasteiger partial charge in [0.25, 0.3) is 0 Å². The van der Waals surface area contributed by atoms with Crippen LogP contribution in [0.5, 0.6) is 0 Å². The Morgan fingerprint density at radius 3 is 1.92 bits per heavy atom. The molecule has 4 fully saturated rings. The SMILES string of the molecule is CC(=O)O[C@H]1C[C@@H]2[C@@H](OC(C)=O)[C@@]3(C(=O)[C@@H]2C)[C@H]1[C@@]1(C=O)[C@H](C[C@H]3OC(C)=O)C(C)(C)CC[C@H]1OC(C)=O. The maximum atomic E-state index is 14.4. The van der Waals surface area contributed by atoms with E-state index < -0.39 is 88.2 Å². The standard InChI is InChI=1S/C28H38O10/c1-13-18-10-19(35-14(2)30)23-27(12-29)20(26(6,7)9-8-21(27)36-15(3)31)11-22(37-16(4)32)28(23,24(13)34)25(18)38-17(5)33/h12-13,18-23,25H,8-11H2,1-7H3/t13-,18+,19+,20-,21-,22-,23-,25-,27+,28-/m1/s1. The van der Waals surface area contributed by atoms with E-state index in [1.165, 1.54) is 27.7 Å². The van der Waals surface area contributed by atoms with Crippen molar-refractivity contribution < 1.29 is 47.7 Å². The van der Waals surface area contributed by atoms with Crippen LogP contribution in [-0.4, -0.2) is 60.4 Å². The van der Waals surface area contributed by atoms with Crippen LogP contribution < -0.4 is 0 Å². The van der Waals surface area contributed by atoms with Crippen LogP contribution in [0.4, 0.5) is 0 Å². The third-order valence-corrected chi connectivity index (χ3v) is 9.84. The summed E-state index contributed by atoms with van der Waals surface area (Å²) in [6.45, 7) is 10.7. The molecule has 0 N–H and O–H groups in total. The van der Waals surface area contributed by atoms with Gasteiger partial charge in [-0.25, -0.2) is 0 Å². The lowest BCUT2D eigenvalue weighted by Crippen LogP contribution is -2.75. The van der Waals surface area contributed by atoms with Crippen LogP contribution in [0.25, 0.3) is 0 Å². The minimum atomic E-state index is -1.66. The number of esters is 4. The summed E-state index contributed by atoms with van der Waals surface area (Å²) < 4.78 is 23.4. The molecule has 4 aliphatic carbocycles. The van der Waals surface area contributed by atoms with Gasteiger partial charge in [0.2, 0.25) is 0 Å². The lowest BCUT2D eigenvalue weighted by molar-refractivity contribution is -0.276. The van der Waals surface area contributed by atoms with Gasteiger partial charge in [0.1, 0.15) is 41.9 Å². The first-order valence-electron chi connectivity index (χ1n) is 13.3. The van der Waals surface area contributed by atoms with Gasteiger partial charge in [-0.2, -0.15) is 0 Å². The molecule has 0 heterocycles. The van der Waals surface area contributed by atoms with E-state index in [4.69, 9.17) is 18.9 Å². The summed E-state index contributed by atoms with van der Waals surface area (Å²) in [5, 5.41) is 0. The second-order valence-corrected chi connectivity index (χ2v) is 12.3. The molecular weight excluding hydrogens is 496 g/mol. The maximum Gasteiger partial charge on any atom is 0.302 e. The second kappa shape index (κ2) is 9.45. The van der Waals surface area contributed by atoms with E-state index in [0.29, 0.717) is 12.8 Å². The first-order valence-corrected chi connectivity index (χ1v) is 13.3. The summed E-state index contributed by atoms with van der Waals surface area (Å²) >= 11 is 0. The lowest BCUT2D eigenvalue weighted by atomic mass is 9.38. The molecular formula is C28H38O10. The fourth-order valence-corrected chi connectivity index (χ4v) is 8.80. The molecule has 4 aliphatic rings. The Labute approximate surface area is 222 Å². The van der Waals surface area contributed by atoms with Crippen LogP contribution in [0.3, 0.4) is 0 Å². The molecule has 0 amide bonds. The molecule has 0 aliphatic heterocycles. The highest BCUT2D eigenvalue weighted by atomic mass is 16.6. The van der Waals surface area contributed by atoms with Crippen molar-refractivity contribution in [2.24, 2.45) is 39.9 Å². The minimum Gasteiger partial charge on any atom is -0.462 e. The summed E-state index contributed by atoms with van der Waals surface area (Å²) in [6.07, 6.45) is -1.88. The van der Waals surface area contributed by atoms with Crippen molar-refractivity contribution in [2.75, 3.05) is 0 Å². The van der Waals surface area contributed by atoms with Crippen molar-refractivity contribution in [3.8, 4) is 0 Å². The third-order valence-electron chi connectivity index (χ3n) is 9.84. The summed E-state index contributed by atoms with van der Waals surface area (Å²) in [4.78, 5) is 77.5. The van der Waals surface area contributed by atoms with Crippen LogP contribution in [-0.2, 0) is 47.7 Å². The van der Waals surface area contributed by atoms with Gasteiger partial charge in [0.15, 0.2) is 0 Å². The topological polar surface area (TPSA) is 139 Å². The van der Waals surface area contributed by atoms with Gasteiger partial charge < -0.3 is 23.7 Å². The molecule has 2 bridgehead atoms. The van der Waals surface area contributed by atoms with Crippen LogP contribution in [0.15, 0.2) is 0 Å². The molecule has 0 aromatic carbocycles. The van der Waals surface area contributed by atoms with Crippen molar-refractivity contribution in [1.29, 1.82) is 0 Å². The fraction of sp³-hybridized carbons (Fsp3) is 0.786. The highest BCUT2D eigenvalue weighted by Gasteiger charge is 2.82. The molecule has 4 rings (SSSR count). The normalized spacial score (nSPS) is 42.7. The van der Waals surface area contributed by atoms with E-state index in [2.05, 4.69) is 0 Å². The first-order chi connectivity index (χ1) is 17.6. The van der Waals surface area contributed by atoms with Crippen molar-refractivity contribution >= 4 is 35.9 Å². The van der Waals surface area contributed by atoms with E-state index in [1.54, 1.807) is 6.92 Å². The largest absolute Gasteiger partial charge is 0.462 e. The summed E-state index contributed by atoms with van der Waals surface area (Å²) in [7, 11) is 0. The zero-order valence-corrected chi connectivity index (χ0v) is 23.1. The highest BCUT2D eigenvalue weighted by Crippen LogP contribution is 2.72. The molecule has 0 unspecified atom stereocenters. The predicted octanol–water partition coefficient (Wildman–Crippen LogP) is 2.58. The third kappa shape index (κ3) is 3.88. The van der Waals surface area contributed by atoms with E-state index in [0.717, 1.165) is 6.29 Å². The Morgan fingerprint density at radius 2 is 1.39 bits per heavy atom. The molecule has 1 spiro atoms. The Balaban J connectivity index is 2.09. The maximum absolute atomic E-state index is 14.4. The van der Waals surface area contributed by atoms with Crippen molar-refractivity contribution in [1.82, 2.24) is 0 Å². The molecule has 10 heteroatoms. The number of ether oxygens (including phenoxy) is 4. The molecule has 4 saturated carbocycles. The molecule has 38 heavy (non-hydrogen) atoms. The van der Waals surface area contributed by atoms with Crippen LogP contribution >= 0.6 is 0 Å². The Morgan fingerprint density at radius 1 is 0.842 bits per heavy atom. The number of fused-ring (bicyclic) bond motifs is 3. The number of hydrogen-bond acceptors (Lipinski definition) is 10. The molecule has 0 saturated heterocycles. The Kier molecular flexibility index (Phi) is 7.02. The fourth-order valence-electron chi connectivity index (χ4n) is 8.80. The van der Waals surface area contributed by atoms with Gasteiger partial charge in [-0.3, -0.25) is 24.0 Å². The first kappa shape index (κ1) is 28.2. The average molecular weight is 535 g/mol. The van der Waals surface area contributed by atoms with Crippen LogP contribution in [0.1, 0.15) is 74.1 Å². The van der Waals surface area contributed by atoms with Crippen LogP contribution in [0, 0.1) is 39.9 Å². The number of ketones is 1. The van der Waals surface area contributed by atoms with E-state index >= 15 is 0 Å². The van der Waals surface area contributed by atoms with Gasteiger partial charge >= 0.3 is 23.9 Å². The van der Waals surface area contributed by atoms with Crippen LogP contribution in [0.2, 0.25) is 0 Å². The average Bonchev–Trinajstić information content (AvgIpc) is 2.91. The number of aldehydes is 1. The number of rotatable bonds is 5. The van der Waals surface area contributed by atoms with Gasteiger partial charge in [0.05, 0.1) is 5.41 Å². The second-order valence-electron chi connectivity index (χ2n) is 12.3. The molecule has 0 aromatic rings. The monoisotopic (exact) mass is 534 g/mol. The molecule has 10 nitrogen and oxygen atoms in total. The van der Waals surface area contributed by atoms with Crippen molar-refractivity contribution in [2.45, 2.75) is 98.6 Å². The smallest absolute Gasteiger partial charge is 0.302 e. The quantitative estimate of drug-likeness (QED) is 0.294. The van der Waals surface area contributed by atoms with E-state index in [9.17, 15) is 28.8 Å². The summed E-state index contributed by atoms with van der Waals surface area (Å²) in [6, 6.07) is 0. The number of carbonyl (C=O) groups excluding carboxylic acids is 6. The molecule has 0 aromatic heterocycles. The zero-order chi connectivity index (χ0) is 28.4. The van der Waals surface area contributed by atoms with Gasteiger partial charge in [-0.15, -0.1) is 0 Å². The van der Waals surface area contributed by atoms with E-state index in [1.807, 2.05) is 13.8 Å². The Bertz CT molecular complexity index is 1060. The number of hydrogen-bond donors (Lipinski definition) is 0. The number of Topliss-reactive ketones (excluding diaryl/α,β-unsaturated/α-hetero) is 1. The Hall–Kier alpha value is -2.78. The highest BCUT2D eigenvalue weighted by molar-refractivity contribution is 5.94. The molecule has 210 valence electrons. The predicted molar refractivity (Wildman–Crippen MR) is 130 cm³/mol. The van der Waals surface area contributed by atoms with Gasteiger partial charge in [-0.1, -0.05) is 20.8 Å². The number of carbonyl (C=O) groups is 6. The summed E-state index contributed by atoms with van der Waals surface area (Å²) in [5.41, 5.74) is -3.62. The molecule has 0 radical (unpaired) electrons. The van der Waals surface area contributed by atoms with Gasteiger partial charge in [-0.05, 0) is 37.0 Å². The summed E-state index contributed by atoms with van der Waals surface area (Å²) in [5.74, 6) is -5.40. The van der Waals surface area contributed by atoms with Crippen molar-refractivity contribution in [3.63, 3.8) is 0 Å².